The van der Waals surface area contributed by atoms with Crippen molar-refractivity contribution in [3.8, 4) is 0 Å². The third-order valence-electron chi connectivity index (χ3n) is 3.66. The second kappa shape index (κ2) is 5.00. The number of methoxy groups -OCH3 is 1. The molecule has 0 radical (unpaired) electrons. The average Bonchev–Trinajstić information content (AvgIpc) is 3.00. The van der Waals surface area contributed by atoms with Crippen LogP contribution in [0, 0.1) is 0 Å². The lowest BCUT2D eigenvalue weighted by Crippen LogP contribution is -2.48. The van der Waals surface area contributed by atoms with Crippen LogP contribution in [0.4, 0.5) is 11.8 Å². The summed E-state index contributed by atoms with van der Waals surface area (Å²) in [5.74, 6) is -2.11. The molecule has 1 saturated heterocycles. The lowest BCUT2D eigenvalue weighted by Gasteiger charge is -2.29. The Kier molecular flexibility index (Phi) is 3.38. The number of nitrogens with two attached hydrogens (primary N) is 2. The van der Waals surface area contributed by atoms with E-state index in [1.165, 1.54) is 18.0 Å². The summed E-state index contributed by atoms with van der Waals surface area (Å²) in [6.45, 7) is -0.505. The van der Waals surface area contributed by atoms with Gasteiger partial charge in [-0.2, -0.15) is 9.97 Å². The predicted molar refractivity (Wildman–Crippen MR) is 73.1 cm³/mol. The number of anilines is 2. The molecule has 0 amide bonds. The normalized spacial score (nSPS) is 31.9. The lowest BCUT2D eigenvalue weighted by atomic mass is 10.1. The molecule has 4 atom stereocenters. The first-order valence-corrected chi connectivity index (χ1v) is 6.39. The van der Waals surface area contributed by atoms with Gasteiger partial charge in [-0.15, -0.1) is 0 Å². The zero-order valence-corrected chi connectivity index (χ0v) is 11.6. The highest BCUT2D eigenvalue weighted by molar-refractivity contribution is 5.82. The van der Waals surface area contributed by atoms with Gasteiger partial charge >= 0.3 is 0 Å². The Balaban J connectivity index is 2.14. The van der Waals surface area contributed by atoms with Crippen LogP contribution in [-0.4, -0.2) is 66.6 Å². The zero-order valence-electron chi connectivity index (χ0n) is 11.6. The highest BCUT2D eigenvalue weighted by Gasteiger charge is 2.57. The number of rotatable bonds is 3. The fourth-order valence-electron chi connectivity index (χ4n) is 2.51. The summed E-state index contributed by atoms with van der Waals surface area (Å²) in [4.78, 5) is 11.8. The van der Waals surface area contributed by atoms with Gasteiger partial charge in [-0.05, 0) is 0 Å². The summed E-state index contributed by atoms with van der Waals surface area (Å²) in [7, 11) is 1.20. The van der Waals surface area contributed by atoms with Crippen LogP contribution in [0.3, 0.4) is 0 Å². The van der Waals surface area contributed by atoms with Crippen LogP contribution in [0.2, 0.25) is 0 Å². The van der Waals surface area contributed by atoms with Gasteiger partial charge in [0.2, 0.25) is 11.7 Å². The quantitative estimate of drug-likeness (QED) is 0.383. The third kappa shape index (κ3) is 1.91. The van der Waals surface area contributed by atoms with Gasteiger partial charge in [-0.25, -0.2) is 4.98 Å². The molecule has 1 fully saturated rings. The molecular formula is C11H16N6O5. The number of fused-ring (bicyclic) bond motifs is 1. The van der Waals surface area contributed by atoms with E-state index < -0.39 is 30.8 Å². The van der Waals surface area contributed by atoms with Gasteiger partial charge in [0.05, 0.1) is 12.9 Å². The fourth-order valence-corrected chi connectivity index (χ4v) is 2.51. The first-order chi connectivity index (χ1) is 10.4. The molecule has 1 aliphatic heterocycles. The molecular weight excluding hydrogens is 296 g/mol. The number of aliphatic hydroxyl groups excluding tert-OH is 2. The van der Waals surface area contributed by atoms with E-state index in [0.29, 0.717) is 0 Å². The van der Waals surface area contributed by atoms with Gasteiger partial charge in [0.25, 0.3) is 0 Å². The number of aliphatic hydroxyl groups is 3. The van der Waals surface area contributed by atoms with Crippen LogP contribution in [0.1, 0.15) is 6.23 Å². The largest absolute Gasteiger partial charge is 0.394 e. The maximum absolute atomic E-state index is 10.5. The molecule has 11 nitrogen and oxygen atoms in total. The maximum atomic E-state index is 10.5. The monoisotopic (exact) mass is 312 g/mol. The van der Waals surface area contributed by atoms with Gasteiger partial charge < -0.3 is 36.3 Å². The molecule has 22 heavy (non-hydrogen) atoms. The summed E-state index contributed by atoms with van der Waals surface area (Å²) >= 11 is 0. The Bertz CT molecular complexity index is 708. The Morgan fingerprint density at radius 3 is 2.82 bits per heavy atom. The van der Waals surface area contributed by atoms with E-state index in [-0.39, 0.29) is 22.9 Å². The Labute approximate surface area is 124 Å². The number of aromatic nitrogens is 4. The number of nitrogen functional groups attached to an aromatic ring is 2. The van der Waals surface area contributed by atoms with Crippen LogP contribution < -0.4 is 11.5 Å². The van der Waals surface area contributed by atoms with Crippen LogP contribution in [0.15, 0.2) is 6.33 Å². The van der Waals surface area contributed by atoms with Crippen molar-refractivity contribution in [3.05, 3.63) is 6.33 Å². The van der Waals surface area contributed by atoms with Gasteiger partial charge in [0.15, 0.2) is 17.7 Å². The molecule has 0 aromatic carbocycles. The van der Waals surface area contributed by atoms with Crippen molar-refractivity contribution in [3.63, 3.8) is 0 Å². The molecule has 2 aromatic rings. The Hall–Kier alpha value is -2.05. The third-order valence-corrected chi connectivity index (χ3v) is 3.66. The highest BCUT2D eigenvalue weighted by Crippen LogP contribution is 2.40. The van der Waals surface area contributed by atoms with E-state index in [1.807, 2.05) is 0 Å². The molecule has 0 bridgehead atoms. The van der Waals surface area contributed by atoms with Crippen molar-refractivity contribution in [2.45, 2.75) is 24.2 Å². The molecule has 3 rings (SSSR count). The van der Waals surface area contributed by atoms with Crippen molar-refractivity contribution in [2.24, 2.45) is 0 Å². The van der Waals surface area contributed by atoms with Crippen molar-refractivity contribution >= 4 is 22.9 Å². The molecule has 0 spiro atoms. The minimum Gasteiger partial charge on any atom is -0.394 e. The standard InChI is InChI=1S/C11H16N6O5/c1-21-11(20)6(19)4(2-18)22-9(11)17-3-14-5-7(12)15-10(13)16-8(5)17/h3-4,6,9,18-20H,2H2,1H3,(H4,12,13,15,16)/t4-,6-,9-,11+/m1/s1. The van der Waals surface area contributed by atoms with E-state index in [0.717, 1.165) is 0 Å². The first-order valence-electron chi connectivity index (χ1n) is 6.39. The summed E-state index contributed by atoms with van der Waals surface area (Å²) in [6.07, 6.45) is -2.41. The molecule has 0 unspecified atom stereocenters. The van der Waals surface area contributed by atoms with E-state index >= 15 is 0 Å². The zero-order chi connectivity index (χ0) is 16.1. The first kappa shape index (κ1) is 14.9. The van der Waals surface area contributed by atoms with E-state index in [9.17, 15) is 15.3 Å². The van der Waals surface area contributed by atoms with Crippen LogP contribution in [0.25, 0.3) is 11.2 Å². The van der Waals surface area contributed by atoms with Gasteiger partial charge in [-0.3, -0.25) is 4.57 Å². The molecule has 1 aliphatic rings. The van der Waals surface area contributed by atoms with Gasteiger partial charge in [0.1, 0.15) is 17.7 Å². The van der Waals surface area contributed by atoms with Crippen molar-refractivity contribution in [2.75, 3.05) is 25.2 Å². The molecule has 11 heteroatoms. The second-order valence-electron chi connectivity index (χ2n) is 4.90. The molecule has 120 valence electrons. The summed E-state index contributed by atoms with van der Waals surface area (Å²) in [5, 5.41) is 29.9. The Morgan fingerprint density at radius 2 is 2.18 bits per heavy atom. The molecule has 0 saturated carbocycles. The summed E-state index contributed by atoms with van der Waals surface area (Å²) in [5.41, 5.74) is 11.8. The molecule has 0 aliphatic carbocycles. The summed E-state index contributed by atoms with van der Waals surface area (Å²) < 4.78 is 11.8. The van der Waals surface area contributed by atoms with Gasteiger partial charge in [0, 0.05) is 7.11 Å². The molecule has 2 aromatic heterocycles. The van der Waals surface area contributed by atoms with Crippen LogP contribution in [-0.2, 0) is 9.47 Å². The lowest BCUT2D eigenvalue weighted by molar-refractivity contribution is -0.264. The van der Waals surface area contributed by atoms with Crippen LogP contribution in [0.5, 0.6) is 0 Å². The molecule has 3 heterocycles. The smallest absolute Gasteiger partial charge is 0.241 e. The highest BCUT2D eigenvalue weighted by atomic mass is 16.7. The SMILES string of the molecule is CO[C@@]1(O)[C@H](O)[C@@H](CO)O[C@H]1n1cnc2c(N)nc(N)nc21. The minimum absolute atomic E-state index is 0.0689. The van der Waals surface area contributed by atoms with E-state index in [2.05, 4.69) is 15.0 Å². The maximum Gasteiger partial charge on any atom is 0.241 e. The number of hydrogen-bond donors (Lipinski definition) is 5. The number of ether oxygens (including phenoxy) is 2. The fraction of sp³-hybridized carbons (Fsp3) is 0.545. The van der Waals surface area contributed by atoms with Gasteiger partial charge in [-0.1, -0.05) is 0 Å². The van der Waals surface area contributed by atoms with Crippen molar-refractivity contribution < 1.29 is 24.8 Å². The molecule has 7 N–H and O–H groups in total. The van der Waals surface area contributed by atoms with E-state index in [4.69, 9.17) is 20.9 Å². The van der Waals surface area contributed by atoms with E-state index in [1.54, 1.807) is 0 Å². The van der Waals surface area contributed by atoms with Crippen LogP contribution >= 0.6 is 0 Å². The van der Waals surface area contributed by atoms with Crippen molar-refractivity contribution in [1.29, 1.82) is 0 Å². The average molecular weight is 312 g/mol. The number of imidazole rings is 1. The predicted octanol–water partition coefficient (Wildman–Crippen LogP) is -2.42. The summed E-state index contributed by atoms with van der Waals surface area (Å²) in [6, 6.07) is 0. The number of hydrogen-bond acceptors (Lipinski definition) is 10. The van der Waals surface area contributed by atoms with Crippen molar-refractivity contribution in [1.82, 2.24) is 19.5 Å². The Morgan fingerprint density at radius 1 is 1.45 bits per heavy atom. The topological polar surface area (TPSA) is 175 Å². The minimum atomic E-state index is -2.10. The number of nitrogens with zero attached hydrogens (tertiary/aromatic N) is 4. The second-order valence-corrected chi connectivity index (χ2v) is 4.90.